The lowest BCUT2D eigenvalue weighted by Crippen LogP contribution is -2.36. The molecule has 0 aliphatic heterocycles. The van der Waals surface area contributed by atoms with Gasteiger partial charge in [-0.15, -0.1) is 11.3 Å². The molecule has 0 aliphatic carbocycles. The summed E-state index contributed by atoms with van der Waals surface area (Å²) in [5.41, 5.74) is 0. The third-order valence-corrected chi connectivity index (χ3v) is 3.80. The van der Waals surface area contributed by atoms with Gasteiger partial charge < -0.3 is 10.2 Å². The van der Waals surface area contributed by atoms with Crippen LogP contribution in [0.4, 0.5) is 0 Å². The van der Waals surface area contributed by atoms with Gasteiger partial charge in [-0.1, -0.05) is 19.9 Å². The van der Waals surface area contributed by atoms with Gasteiger partial charge >= 0.3 is 0 Å². The predicted octanol–water partition coefficient (Wildman–Crippen LogP) is 2.61. The highest BCUT2D eigenvalue weighted by Crippen LogP contribution is 2.10. The molecular formula is C13H24N2S. The Balaban J connectivity index is 2.13. The monoisotopic (exact) mass is 240 g/mol. The zero-order valence-corrected chi connectivity index (χ0v) is 11.5. The zero-order valence-electron chi connectivity index (χ0n) is 10.7. The SMILES string of the molecule is CCN(CC)CCNC(C)Cc1cccs1. The van der Waals surface area contributed by atoms with Gasteiger partial charge in [0.05, 0.1) is 0 Å². The van der Waals surface area contributed by atoms with E-state index in [0.29, 0.717) is 6.04 Å². The molecule has 92 valence electrons. The number of hydrogen-bond acceptors (Lipinski definition) is 3. The summed E-state index contributed by atoms with van der Waals surface area (Å²) in [5, 5.41) is 5.74. The van der Waals surface area contributed by atoms with Gasteiger partial charge in [-0.05, 0) is 37.9 Å². The number of thiophene rings is 1. The molecule has 0 aromatic carbocycles. The van der Waals surface area contributed by atoms with Gasteiger partial charge in [0.25, 0.3) is 0 Å². The van der Waals surface area contributed by atoms with Gasteiger partial charge in [-0.3, -0.25) is 0 Å². The second-order valence-corrected chi connectivity index (χ2v) is 5.20. The molecule has 0 saturated heterocycles. The summed E-state index contributed by atoms with van der Waals surface area (Å²) < 4.78 is 0. The van der Waals surface area contributed by atoms with Crippen molar-refractivity contribution in [3.8, 4) is 0 Å². The predicted molar refractivity (Wildman–Crippen MR) is 73.3 cm³/mol. The minimum atomic E-state index is 0.578. The molecule has 1 rings (SSSR count). The quantitative estimate of drug-likeness (QED) is 0.751. The highest BCUT2D eigenvalue weighted by molar-refractivity contribution is 7.09. The largest absolute Gasteiger partial charge is 0.313 e. The molecule has 0 spiro atoms. The fraction of sp³-hybridized carbons (Fsp3) is 0.692. The molecule has 1 unspecified atom stereocenters. The van der Waals surface area contributed by atoms with E-state index in [0.717, 1.165) is 32.6 Å². The Morgan fingerprint density at radius 2 is 2.12 bits per heavy atom. The molecule has 0 saturated carbocycles. The standard InChI is InChI=1S/C13H24N2S/c1-4-15(5-2)9-8-14-12(3)11-13-7-6-10-16-13/h6-7,10,12,14H,4-5,8-9,11H2,1-3H3. The van der Waals surface area contributed by atoms with Crippen molar-refractivity contribution < 1.29 is 0 Å². The van der Waals surface area contributed by atoms with Crippen LogP contribution in [0.15, 0.2) is 17.5 Å². The third kappa shape index (κ3) is 5.10. The van der Waals surface area contributed by atoms with Crippen LogP contribution in [0, 0.1) is 0 Å². The van der Waals surface area contributed by atoms with Crippen LogP contribution in [0.1, 0.15) is 25.6 Å². The molecule has 1 aromatic heterocycles. The summed E-state index contributed by atoms with van der Waals surface area (Å²) in [6.45, 7) is 11.3. The van der Waals surface area contributed by atoms with Crippen molar-refractivity contribution in [2.45, 2.75) is 33.2 Å². The first kappa shape index (κ1) is 13.7. The summed E-state index contributed by atoms with van der Waals surface area (Å²) in [4.78, 5) is 3.92. The summed E-state index contributed by atoms with van der Waals surface area (Å²) >= 11 is 1.85. The van der Waals surface area contributed by atoms with Crippen LogP contribution >= 0.6 is 11.3 Å². The summed E-state index contributed by atoms with van der Waals surface area (Å²) in [5.74, 6) is 0. The van der Waals surface area contributed by atoms with Crippen molar-refractivity contribution in [2.75, 3.05) is 26.2 Å². The number of hydrogen-bond donors (Lipinski definition) is 1. The normalized spacial score (nSPS) is 13.2. The first-order chi connectivity index (χ1) is 7.76. The minimum Gasteiger partial charge on any atom is -0.313 e. The van der Waals surface area contributed by atoms with Crippen molar-refractivity contribution in [3.63, 3.8) is 0 Å². The Bertz CT molecular complexity index is 255. The van der Waals surface area contributed by atoms with Crippen molar-refractivity contribution in [2.24, 2.45) is 0 Å². The maximum absolute atomic E-state index is 3.58. The fourth-order valence-corrected chi connectivity index (χ4v) is 2.65. The Morgan fingerprint density at radius 3 is 2.69 bits per heavy atom. The van der Waals surface area contributed by atoms with Gasteiger partial charge in [0.15, 0.2) is 0 Å². The van der Waals surface area contributed by atoms with Crippen LogP contribution in [0.5, 0.6) is 0 Å². The third-order valence-electron chi connectivity index (χ3n) is 2.90. The molecule has 3 heteroatoms. The average molecular weight is 240 g/mol. The van der Waals surface area contributed by atoms with E-state index in [1.54, 1.807) is 0 Å². The van der Waals surface area contributed by atoms with E-state index in [1.807, 2.05) is 11.3 Å². The first-order valence-electron chi connectivity index (χ1n) is 6.24. The summed E-state index contributed by atoms with van der Waals surface area (Å²) in [6, 6.07) is 4.92. The van der Waals surface area contributed by atoms with Crippen molar-refractivity contribution in [1.29, 1.82) is 0 Å². The molecule has 1 atom stereocenters. The number of nitrogens with one attached hydrogen (secondary N) is 1. The highest BCUT2D eigenvalue weighted by Gasteiger charge is 2.04. The van der Waals surface area contributed by atoms with Crippen LogP contribution < -0.4 is 5.32 Å². The van der Waals surface area contributed by atoms with E-state index in [-0.39, 0.29) is 0 Å². The van der Waals surface area contributed by atoms with E-state index >= 15 is 0 Å². The molecule has 0 aliphatic rings. The second-order valence-electron chi connectivity index (χ2n) is 4.17. The van der Waals surface area contributed by atoms with Gasteiger partial charge in [-0.25, -0.2) is 0 Å². The number of likely N-dealkylation sites (N-methyl/N-ethyl adjacent to an activating group) is 1. The van der Waals surface area contributed by atoms with Gasteiger partial charge in [-0.2, -0.15) is 0 Å². The Labute approximate surface area is 104 Å². The maximum Gasteiger partial charge on any atom is 0.0107 e. The zero-order chi connectivity index (χ0) is 11.8. The topological polar surface area (TPSA) is 15.3 Å². The Hall–Kier alpha value is -0.380. The molecule has 0 radical (unpaired) electrons. The Morgan fingerprint density at radius 1 is 1.38 bits per heavy atom. The lowest BCUT2D eigenvalue weighted by molar-refractivity contribution is 0.297. The van der Waals surface area contributed by atoms with E-state index < -0.39 is 0 Å². The van der Waals surface area contributed by atoms with Gasteiger partial charge in [0.2, 0.25) is 0 Å². The highest BCUT2D eigenvalue weighted by atomic mass is 32.1. The molecule has 1 aromatic rings. The lowest BCUT2D eigenvalue weighted by atomic mass is 10.2. The van der Waals surface area contributed by atoms with E-state index in [4.69, 9.17) is 0 Å². The van der Waals surface area contributed by atoms with Crippen LogP contribution in [-0.2, 0) is 6.42 Å². The van der Waals surface area contributed by atoms with E-state index in [1.165, 1.54) is 4.88 Å². The van der Waals surface area contributed by atoms with Gasteiger partial charge in [0.1, 0.15) is 0 Å². The number of rotatable bonds is 8. The molecule has 0 amide bonds. The lowest BCUT2D eigenvalue weighted by Gasteiger charge is -2.20. The van der Waals surface area contributed by atoms with Crippen LogP contribution in [0.3, 0.4) is 0 Å². The molecule has 16 heavy (non-hydrogen) atoms. The van der Waals surface area contributed by atoms with E-state index in [9.17, 15) is 0 Å². The fourth-order valence-electron chi connectivity index (χ4n) is 1.81. The smallest absolute Gasteiger partial charge is 0.0107 e. The molecule has 2 nitrogen and oxygen atoms in total. The molecule has 1 N–H and O–H groups in total. The molecule has 1 heterocycles. The van der Waals surface area contributed by atoms with Crippen LogP contribution in [-0.4, -0.2) is 37.1 Å². The van der Waals surface area contributed by atoms with Crippen LogP contribution in [0.2, 0.25) is 0 Å². The Kier molecular flexibility index (Phi) is 6.69. The van der Waals surface area contributed by atoms with E-state index in [2.05, 4.69) is 48.5 Å². The van der Waals surface area contributed by atoms with Crippen LogP contribution in [0.25, 0.3) is 0 Å². The maximum atomic E-state index is 3.58. The molecular weight excluding hydrogens is 216 g/mol. The number of nitrogens with zero attached hydrogens (tertiary/aromatic N) is 1. The molecule has 0 bridgehead atoms. The van der Waals surface area contributed by atoms with Crippen molar-refractivity contribution in [3.05, 3.63) is 22.4 Å². The summed E-state index contributed by atoms with van der Waals surface area (Å²) in [7, 11) is 0. The minimum absolute atomic E-state index is 0.578. The van der Waals surface area contributed by atoms with Crippen molar-refractivity contribution in [1.82, 2.24) is 10.2 Å². The average Bonchev–Trinajstić information content (AvgIpc) is 2.77. The first-order valence-corrected chi connectivity index (χ1v) is 7.12. The molecule has 0 fully saturated rings. The van der Waals surface area contributed by atoms with Crippen molar-refractivity contribution >= 4 is 11.3 Å². The van der Waals surface area contributed by atoms with Gasteiger partial charge in [0, 0.05) is 24.0 Å². The second kappa shape index (κ2) is 7.82. The summed E-state index contributed by atoms with van der Waals surface area (Å²) in [6.07, 6.45) is 1.15.